The minimum Gasteiger partial charge on any atom is -0.494 e. The van der Waals surface area contributed by atoms with E-state index in [-0.39, 0.29) is 36.4 Å². The number of nitrogens with one attached hydrogen (secondary N) is 1. The molecular weight excluding hydrogens is 474 g/mol. The smallest absolute Gasteiger partial charge is 0.295 e. The largest absolute Gasteiger partial charge is 0.494 e. The fourth-order valence-electron chi connectivity index (χ4n) is 4.56. The number of Topliss-reactive ketones (excluding diaryl/α,β-unsaturated/α-hetero) is 1. The molecule has 3 aromatic heterocycles. The van der Waals surface area contributed by atoms with Crippen LogP contribution in [0.5, 0.6) is 5.75 Å². The fourth-order valence-corrected chi connectivity index (χ4v) is 4.56. The van der Waals surface area contributed by atoms with Crippen molar-refractivity contribution in [3.05, 3.63) is 66.2 Å². The number of amides is 2. The highest BCUT2D eigenvalue weighted by atomic mass is 16.5. The number of piperazine rings is 1. The van der Waals surface area contributed by atoms with Crippen LogP contribution in [0.3, 0.4) is 0 Å². The zero-order valence-corrected chi connectivity index (χ0v) is 20.3. The number of fused-ring (bicyclic) bond motifs is 1. The number of ether oxygens (including phenoxy) is 1. The lowest BCUT2D eigenvalue weighted by atomic mass is 10.1. The Balaban J connectivity index is 1.40. The summed E-state index contributed by atoms with van der Waals surface area (Å²) in [6.45, 7) is 2.69. The molecule has 1 saturated heterocycles. The van der Waals surface area contributed by atoms with Gasteiger partial charge >= 0.3 is 0 Å². The third kappa shape index (κ3) is 4.35. The van der Waals surface area contributed by atoms with Gasteiger partial charge in [0, 0.05) is 37.4 Å². The molecule has 0 spiro atoms. The number of rotatable bonds is 5. The van der Waals surface area contributed by atoms with Crippen molar-refractivity contribution < 1.29 is 19.1 Å². The van der Waals surface area contributed by atoms with Crippen LogP contribution in [0.4, 0.5) is 5.82 Å². The van der Waals surface area contributed by atoms with Gasteiger partial charge in [0.05, 0.1) is 42.2 Å². The number of nitrogen functional groups attached to an aromatic ring is 1. The average Bonchev–Trinajstić information content (AvgIpc) is 3.38. The highest BCUT2D eigenvalue weighted by molar-refractivity contribution is 6.45. The van der Waals surface area contributed by atoms with Gasteiger partial charge in [-0.15, -0.1) is 0 Å². The number of carbonyl (C=O) groups is 3. The number of nitrogens with two attached hydrogens (primary N) is 1. The normalized spacial score (nSPS) is 15.6. The molecule has 11 heteroatoms. The topological polar surface area (TPSA) is 147 Å². The number of aromatic amines is 1. The number of hydrogen-bond acceptors (Lipinski definition) is 8. The zero-order valence-electron chi connectivity index (χ0n) is 20.3. The lowest BCUT2D eigenvalue weighted by Gasteiger charge is -2.39. The molecule has 2 amide bonds. The molecule has 3 N–H and O–H groups in total. The molecule has 0 aliphatic carbocycles. The van der Waals surface area contributed by atoms with E-state index in [0.717, 1.165) is 0 Å². The Hall–Kier alpha value is -4.80. The van der Waals surface area contributed by atoms with Crippen LogP contribution < -0.4 is 10.5 Å². The summed E-state index contributed by atoms with van der Waals surface area (Å²) in [5, 5.41) is 0.426. The van der Waals surface area contributed by atoms with Crippen LogP contribution in [0, 0.1) is 0 Å². The summed E-state index contributed by atoms with van der Waals surface area (Å²) in [7, 11) is 1.47. The van der Waals surface area contributed by atoms with E-state index in [1.807, 2.05) is 25.1 Å². The molecule has 5 rings (SSSR count). The molecule has 0 unspecified atom stereocenters. The average molecular weight is 500 g/mol. The molecule has 0 radical (unpaired) electrons. The van der Waals surface area contributed by atoms with Crippen LogP contribution in [-0.4, -0.2) is 80.1 Å². The van der Waals surface area contributed by atoms with Gasteiger partial charge in [-0.3, -0.25) is 14.4 Å². The quantitative estimate of drug-likeness (QED) is 0.314. The van der Waals surface area contributed by atoms with Gasteiger partial charge in [0.1, 0.15) is 23.0 Å². The SMILES string of the molecule is COc1cnc(-c2cnc(N)cn2)c2[nH]cc(C(=O)C(=O)N3CCN(C(=O)c4ccccc4)[C@H](C)C3)c12. The molecule has 1 aromatic carbocycles. The molecule has 1 aliphatic rings. The lowest BCUT2D eigenvalue weighted by molar-refractivity contribution is -0.128. The number of H-pyrrole nitrogens is 1. The second-order valence-corrected chi connectivity index (χ2v) is 8.75. The van der Waals surface area contributed by atoms with Crippen LogP contribution >= 0.6 is 0 Å². The van der Waals surface area contributed by atoms with Gasteiger partial charge in [-0.05, 0) is 19.1 Å². The Kier molecular flexibility index (Phi) is 6.26. The van der Waals surface area contributed by atoms with E-state index in [1.165, 1.54) is 36.8 Å². The Morgan fingerprint density at radius 2 is 1.84 bits per heavy atom. The number of ketones is 1. The van der Waals surface area contributed by atoms with E-state index >= 15 is 0 Å². The summed E-state index contributed by atoms with van der Waals surface area (Å²) in [4.78, 5) is 58.6. The molecule has 1 fully saturated rings. The van der Waals surface area contributed by atoms with Gasteiger partial charge in [0.2, 0.25) is 0 Å². The van der Waals surface area contributed by atoms with Crippen molar-refractivity contribution in [3.8, 4) is 17.1 Å². The van der Waals surface area contributed by atoms with E-state index in [0.29, 0.717) is 40.1 Å². The highest BCUT2D eigenvalue weighted by Gasteiger charge is 2.34. The number of hydrogen-bond donors (Lipinski definition) is 2. The second kappa shape index (κ2) is 9.69. The number of carbonyl (C=O) groups excluding carboxylic acids is 3. The Labute approximate surface area is 212 Å². The first kappa shape index (κ1) is 23.9. The Morgan fingerprint density at radius 3 is 2.51 bits per heavy atom. The van der Waals surface area contributed by atoms with Crippen molar-refractivity contribution in [2.45, 2.75) is 13.0 Å². The third-order valence-electron chi connectivity index (χ3n) is 6.44. The molecule has 0 saturated carbocycles. The molecular formula is C26H25N7O4. The standard InChI is InChI=1S/C26H25N7O4/c1-15-14-32(8-9-33(15)25(35)16-6-4-3-5-7-16)26(36)24(34)17-10-30-23-21(17)19(37-2)12-31-22(23)18-11-29-20(27)13-28-18/h3-7,10-13,15,30H,8-9,14H2,1-2H3,(H2,27,29)/t15-/m1/s1. The van der Waals surface area contributed by atoms with E-state index in [2.05, 4.69) is 19.9 Å². The van der Waals surface area contributed by atoms with Crippen molar-refractivity contribution in [1.29, 1.82) is 0 Å². The number of nitrogens with zero attached hydrogens (tertiary/aromatic N) is 5. The van der Waals surface area contributed by atoms with Crippen LogP contribution in [-0.2, 0) is 4.79 Å². The van der Waals surface area contributed by atoms with Crippen LogP contribution in [0.25, 0.3) is 22.3 Å². The summed E-state index contributed by atoms with van der Waals surface area (Å²) in [5.41, 5.74) is 7.78. The summed E-state index contributed by atoms with van der Waals surface area (Å²) in [6.07, 6.45) is 5.84. The predicted molar refractivity (Wildman–Crippen MR) is 136 cm³/mol. The van der Waals surface area contributed by atoms with E-state index in [1.54, 1.807) is 17.0 Å². The molecule has 1 atom stereocenters. The Morgan fingerprint density at radius 1 is 1.05 bits per heavy atom. The number of aromatic nitrogens is 4. The van der Waals surface area contributed by atoms with Crippen LogP contribution in [0.2, 0.25) is 0 Å². The number of anilines is 1. The maximum Gasteiger partial charge on any atom is 0.295 e. The monoisotopic (exact) mass is 499 g/mol. The zero-order chi connectivity index (χ0) is 26.1. The first-order valence-electron chi connectivity index (χ1n) is 11.7. The highest BCUT2D eigenvalue weighted by Crippen LogP contribution is 2.34. The summed E-state index contributed by atoms with van der Waals surface area (Å²) in [6, 6.07) is 8.75. The van der Waals surface area contributed by atoms with Gasteiger partial charge < -0.3 is 25.3 Å². The van der Waals surface area contributed by atoms with Gasteiger partial charge in [-0.2, -0.15) is 0 Å². The predicted octanol–water partition coefficient (Wildman–Crippen LogP) is 2.17. The van der Waals surface area contributed by atoms with Gasteiger partial charge in [0.25, 0.3) is 17.6 Å². The number of benzene rings is 1. The lowest BCUT2D eigenvalue weighted by Crippen LogP contribution is -2.56. The molecule has 37 heavy (non-hydrogen) atoms. The van der Waals surface area contributed by atoms with Crippen molar-refractivity contribution in [2.75, 3.05) is 32.5 Å². The van der Waals surface area contributed by atoms with Crippen LogP contribution in [0.1, 0.15) is 27.6 Å². The van der Waals surface area contributed by atoms with Gasteiger partial charge in [0.15, 0.2) is 0 Å². The maximum absolute atomic E-state index is 13.4. The van der Waals surface area contributed by atoms with Crippen molar-refractivity contribution in [3.63, 3.8) is 0 Å². The minimum absolute atomic E-state index is 0.0984. The van der Waals surface area contributed by atoms with Crippen molar-refractivity contribution in [1.82, 2.24) is 29.7 Å². The number of pyridine rings is 1. The third-order valence-corrected chi connectivity index (χ3v) is 6.44. The molecule has 11 nitrogen and oxygen atoms in total. The first-order chi connectivity index (χ1) is 17.9. The van der Waals surface area contributed by atoms with Crippen LogP contribution in [0.15, 0.2) is 55.1 Å². The molecule has 188 valence electrons. The Bertz CT molecular complexity index is 1480. The van der Waals surface area contributed by atoms with E-state index in [4.69, 9.17) is 10.5 Å². The van der Waals surface area contributed by atoms with Crippen molar-refractivity contribution in [2.24, 2.45) is 0 Å². The summed E-state index contributed by atoms with van der Waals surface area (Å²) in [5.74, 6) is -0.821. The van der Waals surface area contributed by atoms with E-state index < -0.39 is 11.7 Å². The molecule has 0 bridgehead atoms. The molecule has 4 aromatic rings. The maximum atomic E-state index is 13.4. The second-order valence-electron chi connectivity index (χ2n) is 8.75. The summed E-state index contributed by atoms with van der Waals surface area (Å²) >= 11 is 0. The van der Waals surface area contributed by atoms with Crippen molar-refractivity contribution >= 4 is 34.3 Å². The first-order valence-corrected chi connectivity index (χ1v) is 11.7. The number of methoxy groups -OCH3 is 1. The molecule has 1 aliphatic heterocycles. The fraction of sp³-hybridized carbons (Fsp3) is 0.231. The van der Waals surface area contributed by atoms with Gasteiger partial charge in [-0.25, -0.2) is 15.0 Å². The molecule has 4 heterocycles. The summed E-state index contributed by atoms with van der Waals surface area (Å²) < 4.78 is 5.45. The minimum atomic E-state index is -0.680. The van der Waals surface area contributed by atoms with E-state index in [9.17, 15) is 14.4 Å². The van der Waals surface area contributed by atoms with Gasteiger partial charge in [-0.1, -0.05) is 18.2 Å².